The summed E-state index contributed by atoms with van der Waals surface area (Å²) >= 11 is 0. The zero-order valence-electron chi connectivity index (χ0n) is 18.0. The summed E-state index contributed by atoms with van der Waals surface area (Å²) in [6.45, 7) is 6.64. The van der Waals surface area contributed by atoms with Crippen LogP contribution in [0, 0.1) is 5.92 Å². The third-order valence-electron chi connectivity index (χ3n) is 5.23. The molecular weight excluding hydrogens is 350 g/mol. The molecule has 2 aromatic rings. The Balaban J connectivity index is 1.91. The molecule has 1 atom stereocenters. The molecule has 0 aromatic heterocycles. The summed E-state index contributed by atoms with van der Waals surface area (Å²) in [7, 11) is 5.06. The molecule has 154 valence electrons. The van der Waals surface area contributed by atoms with Gasteiger partial charge in [-0.25, -0.2) is 0 Å². The average Bonchev–Trinajstić information content (AvgIpc) is 2.73. The van der Waals surface area contributed by atoms with Gasteiger partial charge in [-0.3, -0.25) is 0 Å². The van der Waals surface area contributed by atoms with Crippen LogP contribution in [0.25, 0.3) is 0 Å². The minimum Gasteiger partial charge on any atom is -0.497 e. The van der Waals surface area contributed by atoms with Crippen LogP contribution in [0.15, 0.2) is 42.5 Å². The number of hydrogen-bond acceptors (Lipinski definition) is 3. The maximum absolute atomic E-state index is 5.40. The fourth-order valence-electron chi connectivity index (χ4n) is 3.48. The third kappa shape index (κ3) is 6.75. The van der Waals surface area contributed by atoms with E-state index in [0.717, 1.165) is 36.3 Å². The molecule has 0 fully saturated rings. The molecule has 0 heterocycles. The lowest BCUT2D eigenvalue weighted by Gasteiger charge is -2.18. The quantitative estimate of drug-likeness (QED) is 0.550. The first-order valence-corrected chi connectivity index (χ1v) is 10.2. The van der Waals surface area contributed by atoms with E-state index in [4.69, 9.17) is 14.2 Å². The number of nitrogens with two attached hydrogens (primary N) is 1. The summed E-state index contributed by atoms with van der Waals surface area (Å²) in [5.41, 5.74) is 2.67. The zero-order valence-corrected chi connectivity index (χ0v) is 18.0. The summed E-state index contributed by atoms with van der Waals surface area (Å²) in [6.07, 6.45) is 3.66. The van der Waals surface area contributed by atoms with Crippen LogP contribution in [0.3, 0.4) is 0 Å². The molecule has 0 amide bonds. The number of rotatable bonds is 12. The monoisotopic (exact) mass is 386 g/mol. The van der Waals surface area contributed by atoms with Crippen molar-refractivity contribution in [3.8, 4) is 17.2 Å². The SMILES string of the molecule is COc1ccc([C@@H](CC[NH2+]Cc2ccc(OC)c(OC)c2)CCC(C)C)cc1. The summed E-state index contributed by atoms with van der Waals surface area (Å²) < 4.78 is 16.0. The van der Waals surface area contributed by atoms with Crippen molar-refractivity contribution in [1.82, 2.24) is 0 Å². The van der Waals surface area contributed by atoms with Crippen LogP contribution < -0.4 is 19.5 Å². The fourth-order valence-corrected chi connectivity index (χ4v) is 3.48. The minimum atomic E-state index is 0.593. The van der Waals surface area contributed by atoms with Crippen LogP contribution in [-0.2, 0) is 6.54 Å². The van der Waals surface area contributed by atoms with E-state index in [1.54, 1.807) is 21.3 Å². The third-order valence-corrected chi connectivity index (χ3v) is 5.23. The van der Waals surface area contributed by atoms with Gasteiger partial charge in [0.2, 0.25) is 0 Å². The number of benzene rings is 2. The van der Waals surface area contributed by atoms with Gasteiger partial charge < -0.3 is 19.5 Å². The molecule has 0 bridgehead atoms. The van der Waals surface area contributed by atoms with Crippen LogP contribution in [0.4, 0.5) is 0 Å². The van der Waals surface area contributed by atoms with Crippen molar-refractivity contribution in [2.75, 3.05) is 27.9 Å². The topological polar surface area (TPSA) is 44.3 Å². The summed E-state index contributed by atoms with van der Waals surface area (Å²) in [5, 5.41) is 2.38. The Morgan fingerprint density at radius 2 is 1.50 bits per heavy atom. The minimum absolute atomic E-state index is 0.593. The molecule has 2 rings (SSSR count). The van der Waals surface area contributed by atoms with Gasteiger partial charge in [0.15, 0.2) is 11.5 Å². The van der Waals surface area contributed by atoms with Crippen molar-refractivity contribution >= 4 is 0 Å². The summed E-state index contributed by atoms with van der Waals surface area (Å²) in [4.78, 5) is 0. The molecule has 4 heteroatoms. The van der Waals surface area contributed by atoms with Gasteiger partial charge in [-0.15, -0.1) is 0 Å². The van der Waals surface area contributed by atoms with E-state index < -0.39 is 0 Å². The van der Waals surface area contributed by atoms with E-state index in [2.05, 4.69) is 55.6 Å². The first-order chi connectivity index (χ1) is 13.6. The van der Waals surface area contributed by atoms with Gasteiger partial charge in [-0.1, -0.05) is 32.4 Å². The van der Waals surface area contributed by atoms with Gasteiger partial charge >= 0.3 is 0 Å². The van der Waals surface area contributed by atoms with E-state index in [1.807, 2.05) is 6.07 Å². The highest BCUT2D eigenvalue weighted by Gasteiger charge is 2.14. The Bertz CT molecular complexity index is 697. The predicted octanol–water partition coefficient (Wildman–Crippen LogP) is 4.39. The molecule has 0 aliphatic carbocycles. The van der Waals surface area contributed by atoms with Gasteiger partial charge in [0, 0.05) is 12.0 Å². The van der Waals surface area contributed by atoms with E-state index in [1.165, 1.54) is 30.4 Å². The van der Waals surface area contributed by atoms with Crippen molar-refractivity contribution < 1.29 is 19.5 Å². The lowest BCUT2D eigenvalue weighted by atomic mass is 9.88. The average molecular weight is 387 g/mol. The standard InChI is InChI=1S/C24H35NO3/c1-18(2)6-8-21(20-9-11-22(26-3)12-10-20)14-15-25-17-19-7-13-23(27-4)24(16-19)28-5/h7,9-13,16,18,21,25H,6,8,14-15,17H2,1-5H3/p+1/t21-/m1/s1. The van der Waals surface area contributed by atoms with Gasteiger partial charge in [-0.2, -0.15) is 0 Å². The van der Waals surface area contributed by atoms with Crippen LogP contribution in [0.1, 0.15) is 50.2 Å². The lowest BCUT2D eigenvalue weighted by molar-refractivity contribution is -0.671. The first kappa shape index (κ1) is 22.1. The maximum atomic E-state index is 5.40. The summed E-state index contributed by atoms with van der Waals surface area (Å²) in [5.74, 6) is 3.82. The molecule has 2 aromatic carbocycles. The Kier molecular flexibility index (Phi) is 9.15. The van der Waals surface area contributed by atoms with Crippen molar-refractivity contribution in [3.63, 3.8) is 0 Å². The van der Waals surface area contributed by atoms with E-state index in [0.29, 0.717) is 5.92 Å². The number of methoxy groups -OCH3 is 3. The van der Waals surface area contributed by atoms with Gasteiger partial charge in [0.1, 0.15) is 12.3 Å². The molecule has 0 unspecified atom stereocenters. The lowest BCUT2D eigenvalue weighted by Crippen LogP contribution is -2.82. The maximum Gasteiger partial charge on any atom is 0.161 e. The van der Waals surface area contributed by atoms with Gasteiger partial charge in [0.05, 0.1) is 27.9 Å². The van der Waals surface area contributed by atoms with E-state index in [-0.39, 0.29) is 0 Å². The van der Waals surface area contributed by atoms with Crippen LogP contribution in [0.2, 0.25) is 0 Å². The predicted molar refractivity (Wildman–Crippen MR) is 114 cm³/mol. The number of quaternary nitrogens is 1. The molecule has 0 radical (unpaired) electrons. The zero-order chi connectivity index (χ0) is 20.4. The molecule has 0 spiro atoms. The molecular formula is C24H36NO3+. The summed E-state index contributed by atoms with van der Waals surface area (Å²) in [6, 6.07) is 14.7. The van der Waals surface area contributed by atoms with Crippen molar-refractivity contribution in [2.45, 2.75) is 45.6 Å². The van der Waals surface area contributed by atoms with Gasteiger partial charge in [-0.05, 0) is 54.2 Å². The Hall–Kier alpha value is -2.20. The largest absolute Gasteiger partial charge is 0.497 e. The Morgan fingerprint density at radius 3 is 2.11 bits per heavy atom. The first-order valence-electron chi connectivity index (χ1n) is 10.2. The van der Waals surface area contributed by atoms with Crippen LogP contribution >= 0.6 is 0 Å². The molecule has 0 saturated carbocycles. The van der Waals surface area contributed by atoms with Crippen LogP contribution in [0.5, 0.6) is 17.2 Å². The Labute approximate surface area is 170 Å². The van der Waals surface area contributed by atoms with Crippen molar-refractivity contribution in [3.05, 3.63) is 53.6 Å². The van der Waals surface area contributed by atoms with E-state index in [9.17, 15) is 0 Å². The molecule has 0 aliphatic rings. The fraction of sp³-hybridized carbons (Fsp3) is 0.500. The molecule has 0 aliphatic heterocycles. The highest BCUT2D eigenvalue weighted by atomic mass is 16.5. The van der Waals surface area contributed by atoms with Crippen molar-refractivity contribution in [2.24, 2.45) is 5.92 Å². The molecule has 28 heavy (non-hydrogen) atoms. The molecule has 0 saturated heterocycles. The number of ether oxygens (including phenoxy) is 3. The highest BCUT2D eigenvalue weighted by Crippen LogP contribution is 2.28. The van der Waals surface area contributed by atoms with Crippen LogP contribution in [-0.4, -0.2) is 27.9 Å². The van der Waals surface area contributed by atoms with Crippen molar-refractivity contribution in [1.29, 1.82) is 0 Å². The second-order valence-electron chi connectivity index (χ2n) is 7.70. The molecule has 2 N–H and O–H groups in total. The highest BCUT2D eigenvalue weighted by molar-refractivity contribution is 5.42. The van der Waals surface area contributed by atoms with Gasteiger partial charge in [0.25, 0.3) is 0 Å². The Morgan fingerprint density at radius 1 is 0.786 bits per heavy atom. The molecule has 4 nitrogen and oxygen atoms in total. The number of hydrogen-bond donors (Lipinski definition) is 1. The second-order valence-corrected chi connectivity index (χ2v) is 7.70. The smallest absolute Gasteiger partial charge is 0.161 e. The normalized spacial score (nSPS) is 12.1. The van der Waals surface area contributed by atoms with E-state index >= 15 is 0 Å². The second kappa shape index (κ2) is 11.6.